The highest BCUT2D eigenvalue weighted by Crippen LogP contribution is 2.29. The van der Waals surface area contributed by atoms with Crippen LogP contribution in [0.3, 0.4) is 0 Å². The number of nitrogens with zero attached hydrogens (tertiary/aromatic N) is 1. The van der Waals surface area contributed by atoms with Crippen LogP contribution in [0.25, 0.3) is 0 Å². The first-order chi connectivity index (χ1) is 13.2. The fourth-order valence-corrected chi connectivity index (χ4v) is 3.88. The van der Waals surface area contributed by atoms with Crippen LogP contribution in [0.4, 0.5) is 13.2 Å². The summed E-state index contributed by atoms with van der Waals surface area (Å²) >= 11 is 0. The lowest BCUT2D eigenvalue weighted by Gasteiger charge is -2.26. The van der Waals surface area contributed by atoms with Crippen molar-refractivity contribution in [3.63, 3.8) is 0 Å². The maximum atomic E-state index is 12.6. The molecule has 0 aliphatic carbocycles. The van der Waals surface area contributed by atoms with E-state index in [4.69, 9.17) is 4.74 Å². The zero-order chi connectivity index (χ0) is 20.2. The molecular formula is C19H21F3N2O3S. The number of sulfonamides is 1. The van der Waals surface area contributed by atoms with Crippen molar-refractivity contribution < 1.29 is 26.3 Å². The molecule has 0 spiro atoms. The lowest BCUT2D eigenvalue weighted by Crippen LogP contribution is -2.35. The van der Waals surface area contributed by atoms with Gasteiger partial charge in [0.05, 0.1) is 23.7 Å². The zero-order valence-corrected chi connectivity index (χ0v) is 15.9. The number of ether oxygens (including phenoxy) is 1. The van der Waals surface area contributed by atoms with Gasteiger partial charge in [-0.15, -0.1) is 0 Å². The molecule has 5 nitrogen and oxygen atoms in total. The highest BCUT2D eigenvalue weighted by molar-refractivity contribution is 7.89. The fraction of sp³-hybridized carbons (Fsp3) is 0.368. The normalized spacial score (nSPS) is 16.2. The molecule has 1 heterocycles. The van der Waals surface area contributed by atoms with Gasteiger partial charge < -0.3 is 4.74 Å². The van der Waals surface area contributed by atoms with Crippen molar-refractivity contribution in [2.75, 3.05) is 26.3 Å². The van der Waals surface area contributed by atoms with Crippen LogP contribution in [-0.4, -0.2) is 39.6 Å². The van der Waals surface area contributed by atoms with Gasteiger partial charge in [0.2, 0.25) is 10.0 Å². The molecule has 0 atom stereocenters. The Hall–Kier alpha value is -1.94. The Morgan fingerprint density at radius 1 is 0.929 bits per heavy atom. The molecule has 2 aromatic rings. The zero-order valence-electron chi connectivity index (χ0n) is 15.1. The van der Waals surface area contributed by atoms with Crippen molar-refractivity contribution >= 4 is 10.0 Å². The minimum absolute atomic E-state index is 0.0567. The summed E-state index contributed by atoms with van der Waals surface area (Å²) in [5.41, 5.74) is 1.000. The van der Waals surface area contributed by atoms with Crippen molar-refractivity contribution in [1.82, 2.24) is 9.62 Å². The van der Waals surface area contributed by atoms with E-state index in [2.05, 4.69) is 9.62 Å². The van der Waals surface area contributed by atoms with E-state index in [-0.39, 0.29) is 11.4 Å². The number of hydrogen-bond donors (Lipinski definition) is 1. The number of morpholine rings is 1. The SMILES string of the molecule is O=S(=O)(NCc1ccc(CN2CCOCC2)cc1)c1ccc(C(F)(F)F)cc1. The predicted octanol–water partition coefficient (Wildman–Crippen LogP) is 3.02. The van der Waals surface area contributed by atoms with E-state index in [1.54, 1.807) is 0 Å². The van der Waals surface area contributed by atoms with Crippen molar-refractivity contribution in [1.29, 1.82) is 0 Å². The van der Waals surface area contributed by atoms with E-state index in [0.717, 1.165) is 68.2 Å². The molecule has 0 amide bonds. The first-order valence-electron chi connectivity index (χ1n) is 8.79. The molecular weight excluding hydrogens is 393 g/mol. The summed E-state index contributed by atoms with van der Waals surface area (Å²) in [5, 5.41) is 0. The molecule has 0 radical (unpaired) electrons. The number of hydrogen-bond acceptors (Lipinski definition) is 4. The summed E-state index contributed by atoms with van der Waals surface area (Å²) in [6, 6.07) is 11.0. The van der Waals surface area contributed by atoms with Gasteiger partial charge in [-0.25, -0.2) is 13.1 Å². The fourth-order valence-electron chi connectivity index (χ4n) is 2.86. The largest absolute Gasteiger partial charge is 0.416 e. The average Bonchev–Trinajstić information content (AvgIpc) is 2.68. The second kappa shape index (κ2) is 8.60. The van der Waals surface area contributed by atoms with Gasteiger partial charge in [-0.3, -0.25) is 4.90 Å². The van der Waals surface area contributed by atoms with Gasteiger partial charge in [-0.05, 0) is 35.4 Å². The minimum atomic E-state index is -4.50. The van der Waals surface area contributed by atoms with Crippen molar-refractivity contribution in [2.24, 2.45) is 0 Å². The third-order valence-electron chi connectivity index (χ3n) is 4.49. The van der Waals surface area contributed by atoms with Crippen LogP contribution in [-0.2, 0) is 34.0 Å². The van der Waals surface area contributed by atoms with Crippen molar-refractivity contribution in [3.05, 3.63) is 65.2 Å². The molecule has 1 saturated heterocycles. The third kappa shape index (κ3) is 5.54. The molecule has 9 heteroatoms. The van der Waals surface area contributed by atoms with Gasteiger partial charge in [0.15, 0.2) is 0 Å². The van der Waals surface area contributed by atoms with Crippen LogP contribution in [0.5, 0.6) is 0 Å². The van der Waals surface area contributed by atoms with Gasteiger partial charge in [-0.1, -0.05) is 24.3 Å². The van der Waals surface area contributed by atoms with Crippen LogP contribution in [0, 0.1) is 0 Å². The molecule has 3 rings (SSSR count). The number of nitrogens with one attached hydrogen (secondary N) is 1. The highest BCUT2D eigenvalue weighted by Gasteiger charge is 2.30. The Bertz CT molecular complexity index is 876. The Balaban J connectivity index is 1.58. The van der Waals surface area contributed by atoms with Crippen LogP contribution in [0.2, 0.25) is 0 Å². The summed E-state index contributed by atoms with van der Waals surface area (Å²) in [7, 11) is -3.89. The van der Waals surface area contributed by atoms with Crippen LogP contribution < -0.4 is 4.72 Å². The molecule has 0 aromatic heterocycles. The van der Waals surface area contributed by atoms with Gasteiger partial charge in [-0.2, -0.15) is 13.2 Å². The lowest BCUT2D eigenvalue weighted by molar-refractivity contribution is -0.137. The van der Waals surface area contributed by atoms with Gasteiger partial charge in [0.1, 0.15) is 0 Å². The molecule has 28 heavy (non-hydrogen) atoms. The van der Waals surface area contributed by atoms with E-state index in [1.807, 2.05) is 24.3 Å². The van der Waals surface area contributed by atoms with E-state index in [9.17, 15) is 21.6 Å². The quantitative estimate of drug-likeness (QED) is 0.790. The van der Waals surface area contributed by atoms with E-state index < -0.39 is 21.8 Å². The standard InChI is InChI=1S/C19H21F3N2O3S/c20-19(21,22)17-5-7-18(8-6-17)28(25,26)23-13-15-1-3-16(4-2-15)14-24-9-11-27-12-10-24/h1-8,23H,9-14H2. The Labute approximate surface area is 162 Å². The van der Waals surface area contributed by atoms with Crippen LogP contribution in [0.15, 0.2) is 53.4 Å². The summed E-state index contributed by atoms with van der Waals surface area (Å²) in [6.45, 7) is 4.08. The monoisotopic (exact) mass is 414 g/mol. The summed E-state index contributed by atoms with van der Waals surface area (Å²) < 4.78 is 70.1. The van der Waals surface area contributed by atoms with Crippen molar-refractivity contribution in [3.8, 4) is 0 Å². The number of alkyl halides is 3. The summed E-state index contributed by atoms with van der Waals surface area (Å²) in [6.07, 6.45) is -4.50. The maximum Gasteiger partial charge on any atom is 0.416 e. The summed E-state index contributed by atoms with van der Waals surface area (Å²) in [4.78, 5) is 2.08. The molecule has 0 unspecified atom stereocenters. The van der Waals surface area contributed by atoms with Gasteiger partial charge >= 0.3 is 6.18 Å². The third-order valence-corrected chi connectivity index (χ3v) is 5.91. The van der Waals surface area contributed by atoms with Crippen LogP contribution in [0.1, 0.15) is 16.7 Å². The van der Waals surface area contributed by atoms with Gasteiger partial charge in [0, 0.05) is 26.2 Å². The average molecular weight is 414 g/mol. The van der Waals surface area contributed by atoms with Crippen molar-refractivity contribution in [2.45, 2.75) is 24.2 Å². The van der Waals surface area contributed by atoms with Crippen LogP contribution >= 0.6 is 0 Å². The molecule has 152 valence electrons. The van der Waals surface area contributed by atoms with E-state index >= 15 is 0 Å². The molecule has 2 aromatic carbocycles. The van der Waals surface area contributed by atoms with Gasteiger partial charge in [0.25, 0.3) is 0 Å². The first kappa shape index (κ1) is 20.8. The maximum absolute atomic E-state index is 12.6. The molecule has 1 aliphatic heterocycles. The van der Waals surface area contributed by atoms with E-state index in [1.165, 1.54) is 0 Å². The minimum Gasteiger partial charge on any atom is -0.379 e. The molecule has 1 aliphatic rings. The molecule has 1 fully saturated rings. The second-order valence-electron chi connectivity index (χ2n) is 6.55. The number of rotatable bonds is 6. The molecule has 0 bridgehead atoms. The molecule has 0 saturated carbocycles. The summed E-state index contributed by atoms with van der Waals surface area (Å²) in [5.74, 6) is 0. The Kier molecular flexibility index (Phi) is 6.39. The number of halogens is 3. The second-order valence-corrected chi connectivity index (χ2v) is 8.32. The highest BCUT2D eigenvalue weighted by atomic mass is 32.2. The first-order valence-corrected chi connectivity index (χ1v) is 10.3. The Morgan fingerprint density at radius 3 is 2.07 bits per heavy atom. The number of benzene rings is 2. The van der Waals surface area contributed by atoms with E-state index in [0.29, 0.717) is 0 Å². The molecule has 1 N–H and O–H groups in total. The predicted molar refractivity (Wildman–Crippen MR) is 98.0 cm³/mol. The Morgan fingerprint density at radius 2 is 1.50 bits per heavy atom. The smallest absolute Gasteiger partial charge is 0.379 e. The topological polar surface area (TPSA) is 58.6 Å². The lowest BCUT2D eigenvalue weighted by atomic mass is 10.1.